The number of ketones is 1. The molecule has 0 spiro atoms. The zero-order valence-corrected chi connectivity index (χ0v) is 8.64. The van der Waals surface area contributed by atoms with Gasteiger partial charge in [-0.2, -0.15) is 0 Å². The summed E-state index contributed by atoms with van der Waals surface area (Å²) in [5.74, 6) is -0.538. The minimum Gasteiger partial charge on any atom is -0.361 e. The number of rotatable bonds is 3. The van der Waals surface area contributed by atoms with Crippen LogP contribution in [0, 0.1) is 5.82 Å². The Morgan fingerprint density at radius 3 is 2.93 bits per heavy atom. The topological polar surface area (TPSA) is 32.9 Å². The van der Waals surface area contributed by atoms with Gasteiger partial charge in [0.15, 0.2) is 5.78 Å². The van der Waals surface area contributed by atoms with Crippen molar-refractivity contribution in [1.82, 2.24) is 4.98 Å². The summed E-state index contributed by atoms with van der Waals surface area (Å²) >= 11 is 5.47. The van der Waals surface area contributed by atoms with E-state index in [0.717, 1.165) is 5.52 Å². The molecule has 0 fully saturated rings. The third-order valence-electron chi connectivity index (χ3n) is 2.28. The fourth-order valence-electron chi connectivity index (χ4n) is 1.60. The Morgan fingerprint density at radius 1 is 1.40 bits per heavy atom. The molecule has 0 aliphatic rings. The van der Waals surface area contributed by atoms with Crippen LogP contribution in [0.3, 0.4) is 0 Å². The van der Waals surface area contributed by atoms with Crippen molar-refractivity contribution in [3.63, 3.8) is 0 Å². The van der Waals surface area contributed by atoms with Crippen molar-refractivity contribution in [1.29, 1.82) is 0 Å². The number of fused-ring (bicyclic) bond motifs is 1. The number of aromatic nitrogens is 1. The first-order valence-electron chi connectivity index (χ1n) is 4.59. The summed E-state index contributed by atoms with van der Waals surface area (Å²) in [5, 5.41) is 0.616. The lowest BCUT2D eigenvalue weighted by molar-refractivity contribution is 0.0987. The molecule has 2 rings (SSSR count). The lowest BCUT2D eigenvalue weighted by Gasteiger charge is -2.02. The molecule has 1 aromatic carbocycles. The number of Topliss-reactive ketones (excluding diaryl/α,β-unsaturated/α-hetero) is 1. The maximum atomic E-state index is 13.5. The van der Waals surface area contributed by atoms with Crippen LogP contribution < -0.4 is 0 Å². The van der Waals surface area contributed by atoms with Crippen LogP contribution in [0.2, 0.25) is 0 Å². The summed E-state index contributed by atoms with van der Waals surface area (Å²) in [7, 11) is 0. The van der Waals surface area contributed by atoms with Crippen LogP contribution in [0.25, 0.3) is 10.9 Å². The highest BCUT2D eigenvalue weighted by Crippen LogP contribution is 2.22. The Hall–Kier alpha value is -1.35. The standard InChI is InChI=1S/C11H9ClFNO/c12-5-3-10(15)11-7-4-6-14-9(7)2-1-8(11)13/h1-2,4,6,14H,3,5H2. The molecule has 0 unspecified atom stereocenters. The second-order valence-corrected chi connectivity index (χ2v) is 3.60. The SMILES string of the molecule is O=C(CCCl)c1c(F)ccc2[nH]ccc12. The molecule has 1 aromatic heterocycles. The van der Waals surface area contributed by atoms with Crippen LogP contribution in [-0.2, 0) is 0 Å². The highest BCUT2D eigenvalue weighted by molar-refractivity contribution is 6.20. The van der Waals surface area contributed by atoms with Crippen molar-refractivity contribution in [2.24, 2.45) is 0 Å². The molecule has 0 atom stereocenters. The van der Waals surface area contributed by atoms with E-state index in [0.29, 0.717) is 5.39 Å². The number of benzene rings is 1. The normalized spacial score (nSPS) is 10.8. The van der Waals surface area contributed by atoms with Crippen molar-refractivity contribution in [2.75, 3.05) is 5.88 Å². The zero-order valence-electron chi connectivity index (χ0n) is 7.89. The van der Waals surface area contributed by atoms with Gasteiger partial charge in [0.05, 0.1) is 5.56 Å². The molecule has 4 heteroatoms. The van der Waals surface area contributed by atoms with E-state index in [1.807, 2.05) is 0 Å². The fraction of sp³-hybridized carbons (Fsp3) is 0.182. The highest BCUT2D eigenvalue weighted by Gasteiger charge is 2.15. The van der Waals surface area contributed by atoms with E-state index in [4.69, 9.17) is 11.6 Å². The van der Waals surface area contributed by atoms with Crippen LogP contribution in [0.4, 0.5) is 4.39 Å². The Labute approximate surface area is 91.0 Å². The molecule has 0 saturated heterocycles. The van der Waals surface area contributed by atoms with Crippen molar-refractivity contribution >= 4 is 28.3 Å². The van der Waals surface area contributed by atoms with Crippen LogP contribution in [0.1, 0.15) is 16.8 Å². The van der Waals surface area contributed by atoms with E-state index in [9.17, 15) is 9.18 Å². The van der Waals surface area contributed by atoms with Crippen molar-refractivity contribution in [2.45, 2.75) is 6.42 Å². The molecule has 0 bridgehead atoms. The summed E-state index contributed by atoms with van der Waals surface area (Å²) in [6, 6.07) is 4.60. The van der Waals surface area contributed by atoms with Gasteiger partial charge in [0.25, 0.3) is 0 Å². The maximum Gasteiger partial charge on any atom is 0.167 e. The van der Waals surface area contributed by atoms with Gasteiger partial charge in [0.2, 0.25) is 0 Å². The number of alkyl halides is 1. The third-order valence-corrected chi connectivity index (χ3v) is 2.47. The largest absolute Gasteiger partial charge is 0.361 e. The predicted octanol–water partition coefficient (Wildman–Crippen LogP) is 3.12. The van der Waals surface area contributed by atoms with Gasteiger partial charge in [0.1, 0.15) is 5.82 Å². The summed E-state index contributed by atoms with van der Waals surface area (Å²) < 4.78 is 13.5. The first kappa shape index (κ1) is 10.2. The van der Waals surface area contributed by atoms with E-state index in [1.165, 1.54) is 6.07 Å². The summed E-state index contributed by atoms with van der Waals surface area (Å²) in [6.45, 7) is 0. The molecule has 2 aromatic rings. The van der Waals surface area contributed by atoms with Crippen molar-refractivity contribution in [3.05, 3.63) is 35.8 Å². The van der Waals surface area contributed by atoms with Gasteiger partial charge in [-0.05, 0) is 18.2 Å². The van der Waals surface area contributed by atoms with E-state index >= 15 is 0 Å². The molecule has 1 N–H and O–H groups in total. The van der Waals surface area contributed by atoms with Crippen molar-refractivity contribution in [3.8, 4) is 0 Å². The number of hydrogen-bond acceptors (Lipinski definition) is 1. The van der Waals surface area contributed by atoms with E-state index in [2.05, 4.69) is 4.98 Å². The van der Waals surface area contributed by atoms with Crippen LogP contribution >= 0.6 is 11.6 Å². The number of aromatic amines is 1. The molecule has 0 aliphatic heterocycles. The monoisotopic (exact) mass is 225 g/mol. The first-order valence-corrected chi connectivity index (χ1v) is 5.12. The molecule has 78 valence electrons. The van der Waals surface area contributed by atoms with Gasteiger partial charge in [-0.1, -0.05) is 0 Å². The number of hydrogen-bond donors (Lipinski definition) is 1. The lowest BCUT2D eigenvalue weighted by Crippen LogP contribution is -2.03. The Bertz CT molecular complexity index is 506. The van der Waals surface area contributed by atoms with E-state index in [-0.39, 0.29) is 23.6 Å². The van der Waals surface area contributed by atoms with Gasteiger partial charge < -0.3 is 4.98 Å². The number of carbonyl (C=O) groups is 1. The van der Waals surface area contributed by atoms with E-state index in [1.54, 1.807) is 18.3 Å². The van der Waals surface area contributed by atoms with Crippen LogP contribution in [0.5, 0.6) is 0 Å². The second-order valence-electron chi connectivity index (χ2n) is 3.22. The first-order chi connectivity index (χ1) is 7.24. The average Bonchev–Trinajstić information content (AvgIpc) is 2.65. The second kappa shape index (κ2) is 4.03. The molecule has 0 saturated carbocycles. The van der Waals surface area contributed by atoms with Gasteiger partial charge in [-0.25, -0.2) is 4.39 Å². The van der Waals surface area contributed by atoms with Gasteiger partial charge in [-0.3, -0.25) is 4.79 Å². The number of nitrogens with one attached hydrogen (secondary N) is 1. The molecular formula is C11H9ClFNO. The molecule has 0 radical (unpaired) electrons. The van der Waals surface area contributed by atoms with Crippen LogP contribution in [0.15, 0.2) is 24.4 Å². The lowest BCUT2D eigenvalue weighted by atomic mass is 10.0. The summed E-state index contributed by atoms with van der Waals surface area (Å²) in [6.07, 6.45) is 1.84. The smallest absolute Gasteiger partial charge is 0.167 e. The molecule has 15 heavy (non-hydrogen) atoms. The maximum absolute atomic E-state index is 13.5. The average molecular weight is 226 g/mol. The van der Waals surface area contributed by atoms with Gasteiger partial charge in [-0.15, -0.1) is 11.6 Å². The number of H-pyrrole nitrogens is 1. The molecule has 1 heterocycles. The number of carbonyl (C=O) groups excluding carboxylic acids is 1. The number of halogens is 2. The molecule has 0 amide bonds. The zero-order chi connectivity index (χ0) is 10.8. The Balaban J connectivity index is 2.61. The third kappa shape index (κ3) is 1.75. The molecular weight excluding hydrogens is 217 g/mol. The minimum atomic E-state index is -0.489. The highest BCUT2D eigenvalue weighted by atomic mass is 35.5. The summed E-state index contributed by atoms with van der Waals surface area (Å²) in [5.41, 5.74) is 0.892. The van der Waals surface area contributed by atoms with Crippen LogP contribution in [-0.4, -0.2) is 16.6 Å². The summed E-state index contributed by atoms with van der Waals surface area (Å²) in [4.78, 5) is 14.6. The molecule has 0 aliphatic carbocycles. The quantitative estimate of drug-likeness (QED) is 0.632. The minimum absolute atomic E-state index is 0.134. The predicted molar refractivity (Wildman–Crippen MR) is 57.9 cm³/mol. The van der Waals surface area contributed by atoms with Gasteiger partial charge in [0, 0.05) is 29.4 Å². The van der Waals surface area contributed by atoms with Gasteiger partial charge >= 0.3 is 0 Å². The Morgan fingerprint density at radius 2 is 2.20 bits per heavy atom. The Kier molecular flexibility index (Phi) is 2.73. The van der Waals surface area contributed by atoms with E-state index < -0.39 is 5.82 Å². The molecule has 2 nitrogen and oxygen atoms in total. The fourth-order valence-corrected chi connectivity index (χ4v) is 1.77. The van der Waals surface area contributed by atoms with Crippen molar-refractivity contribution < 1.29 is 9.18 Å².